The second kappa shape index (κ2) is 6.02. The third-order valence-corrected chi connectivity index (χ3v) is 3.28. The van der Waals surface area contributed by atoms with Crippen LogP contribution in [0.5, 0.6) is 11.5 Å². The fourth-order valence-corrected chi connectivity index (χ4v) is 2.16. The van der Waals surface area contributed by atoms with E-state index in [0.717, 1.165) is 34.5 Å². The van der Waals surface area contributed by atoms with Gasteiger partial charge in [-0.1, -0.05) is 28.9 Å². The topological polar surface area (TPSA) is 53.1 Å². The fraction of sp³-hybridized carbons (Fsp3) is 0.308. The Balaban J connectivity index is 2.10. The van der Waals surface area contributed by atoms with Gasteiger partial charge in [0.15, 0.2) is 5.75 Å². The smallest absolute Gasteiger partial charge is 0.165 e. The van der Waals surface area contributed by atoms with Crippen LogP contribution in [0.25, 0.3) is 0 Å². The number of aromatic nitrogens is 2. The van der Waals surface area contributed by atoms with Crippen LogP contribution in [0.2, 0.25) is 0 Å². The first-order chi connectivity index (χ1) is 8.72. The van der Waals surface area contributed by atoms with Gasteiger partial charge in [-0.2, -0.15) is 5.10 Å². The van der Waals surface area contributed by atoms with Crippen molar-refractivity contribution in [3.8, 4) is 11.5 Å². The van der Waals surface area contributed by atoms with Gasteiger partial charge in [0, 0.05) is 17.6 Å². The summed E-state index contributed by atoms with van der Waals surface area (Å²) >= 11 is 3.47. The normalized spacial score (nSPS) is 10.6. The highest BCUT2D eigenvalue weighted by atomic mass is 79.9. The summed E-state index contributed by atoms with van der Waals surface area (Å²) in [6.45, 7) is 3.53. The summed E-state index contributed by atoms with van der Waals surface area (Å²) in [6.07, 6.45) is 4.67. The van der Waals surface area contributed by atoms with Crippen LogP contribution in [0.4, 0.5) is 0 Å². The van der Waals surface area contributed by atoms with Crippen LogP contribution in [0.15, 0.2) is 35.1 Å². The Morgan fingerprint density at radius 1 is 1.39 bits per heavy atom. The predicted octanol–water partition coefficient (Wildman–Crippen LogP) is 3.31. The number of nitrogens with zero attached hydrogens (tertiary/aromatic N) is 2. The van der Waals surface area contributed by atoms with E-state index in [0.29, 0.717) is 6.54 Å². The third-order valence-electron chi connectivity index (χ3n) is 2.54. The zero-order chi connectivity index (χ0) is 13.0. The van der Waals surface area contributed by atoms with E-state index in [4.69, 9.17) is 10.5 Å². The molecule has 0 spiro atoms. The third kappa shape index (κ3) is 3.11. The maximum Gasteiger partial charge on any atom is 0.165 e. The number of nitrogens with two attached hydrogens (primary N) is 1. The molecule has 2 aromatic rings. The molecule has 18 heavy (non-hydrogen) atoms. The quantitative estimate of drug-likeness (QED) is 0.922. The van der Waals surface area contributed by atoms with Crippen LogP contribution in [0.1, 0.15) is 18.9 Å². The second-order valence-corrected chi connectivity index (χ2v) is 4.85. The van der Waals surface area contributed by atoms with Gasteiger partial charge < -0.3 is 10.5 Å². The van der Waals surface area contributed by atoms with Crippen molar-refractivity contribution in [2.75, 3.05) is 0 Å². The van der Waals surface area contributed by atoms with Gasteiger partial charge in [0.25, 0.3) is 0 Å². The molecule has 4 nitrogen and oxygen atoms in total. The van der Waals surface area contributed by atoms with Crippen molar-refractivity contribution >= 4 is 15.9 Å². The predicted molar refractivity (Wildman–Crippen MR) is 74.6 cm³/mol. The molecule has 0 saturated heterocycles. The minimum atomic E-state index is 0.509. The molecular weight excluding hydrogens is 294 g/mol. The van der Waals surface area contributed by atoms with Crippen molar-refractivity contribution in [3.63, 3.8) is 0 Å². The molecule has 0 amide bonds. The first-order valence-corrected chi connectivity index (χ1v) is 6.71. The van der Waals surface area contributed by atoms with E-state index in [2.05, 4.69) is 28.0 Å². The molecule has 0 aliphatic carbocycles. The Kier molecular flexibility index (Phi) is 4.38. The summed E-state index contributed by atoms with van der Waals surface area (Å²) in [6, 6.07) is 5.78. The summed E-state index contributed by atoms with van der Waals surface area (Å²) in [4.78, 5) is 0. The van der Waals surface area contributed by atoms with E-state index in [9.17, 15) is 0 Å². The summed E-state index contributed by atoms with van der Waals surface area (Å²) in [5, 5.41) is 4.22. The number of aryl methyl sites for hydroxylation is 1. The van der Waals surface area contributed by atoms with Crippen molar-refractivity contribution in [3.05, 3.63) is 40.6 Å². The van der Waals surface area contributed by atoms with E-state index in [1.807, 2.05) is 29.1 Å². The molecule has 1 heterocycles. The van der Waals surface area contributed by atoms with Gasteiger partial charge in [-0.3, -0.25) is 4.68 Å². The summed E-state index contributed by atoms with van der Waals surface area (Å²) in [5.41, 5.74) is 6.67. The van der Waals surface area contributed by atoms with Gasteiger partial charge in [0.05, 0.1) is 12.4 Å². The lowest BCUT2D eigenvalue weighted by Crippen LogP contribution is -1.97. The first-order valence-electron chi connectivity index (χ1n) is 5.91. The number of ether oxygens (including phenoxy) is 1. The average Bonchev–Trinajstić information content (AvgIpc) is 2.77. The second-order valence-electron chi connectivity index (χ2n) is 4.00. The van der Waals surface area contributed by atoms with Crippen molar-refractivity contribution in [1.82, 2.24) is 9.78 Å². The van der Waals surface area contributed by atoms with Crippen molar-refractivity contribution in [2.45, 2.75) is 26.4 Å². The van der Waals surface area contributed by atoms with Crippen LogP contribution in [0.3, 0.4) is 0 Å². The molecule has 0 aliphatic heterocycles. The standard InChI is InChI=1S/C13H16BrN3O/c1-2-5-17-9-12(8-16-17)18-11-4-3-10(7-15)13(14)6-11/h3-4,6,8-9H,2,5,7,15H2,1H3. The molecule has 1 aromatic carbocycles. The summed E-state index contributed by atoms with van der Waals surface area (Å²) in [5.74, 6) is 1.52. The molecular formula is C13H16BrN3O. The molecule has 2 rings (SSSR count). The van der Waals surface area contributed by atoms with Gasteiger partial charge in [-0.05, 0) is 24.1 Å². The van der Waals surface area contributed by atoms with Gasteiger partial charge in [0.2, 0.25) is 0 Å². The Morgan fingerprint density at radius 2 is 2.22 bits per heavy atom. The van der Waals surface area contributed by atoms with Crippen LogP contribution in [-0.4, -0.2) is 9.78 Å². The molecule has 0 saturated carbocycles. The maximum absolute atomic E-state index is 5.73. The van der Waals surface area contributed by atoms with Crippen LogP contribution in [0, 0.1) is 0 Å². The molecule has 0 bridgehead atoms. The van der Waals surface area contributed by atoms with Crippen molar-refractivity contribution in [2.24, 2.45) is 5.73 Å². The van der Waals surface area contributed by atoms with E-state index < -0.39 is 0 Å². The zero-order valence-electron chi connectivity index (χ0n) is 10.3. The van der Waals surface area contributed by atoms with Gasteiger partial charge in [-0.15, -0.1) is 0 Å². The SMILES string of the molecule is CCCn1cc(Oc2ccc(CN)c(Br)c2)cn1. The largest absolute Gasteiger partial charge is 0.454 e. The number of halogens is 1. The first kappa shape index (κ1) is 13.1. The minimum absolute atomic E-state index is 0.509. The average molecular weight is 310 g/mol. The number of hydrogen-bond acceptors (Lipinski definition) is 3. The minimum Gasteiger partial charge on any atom is -0.454 e. The van der Waals surface area contributed by atoms with E-state index in [-0.39, 0.29) is 0 Å². The highest BCUT2D eigenvalue weighted by molar-refractivity contribution is 9.10. The summed E-state index contributed by atoms with van der Waals surface area (Å²) in [7, 11) is 0. The molecule has 0 unspecified atom stereocenters. The van der Waals surface area contributed by atoms with E-state index in [1.165, 1.54) is 0 Å². The fourth-order valence-electron chi connectivity index (χ4n) is 1.64. The van der Waals surface area contributed by atoms with Crippen molar-refractivity contribution in [1.29, 1.82) is 0 Å². The highest BCUT2D eigenvalue weighted by Crippen LogP contribution is 2.26. The molecule has 1 aromatic heterocycles. The van der Waals surface area contributed by atoms with Crippen LogP contribution in [-0.2, 0) is 13.1 Å². The Bertz CT molecular complexity index is 525. The van der Waals surface area contributed by atoms with Gasteiger partial charge in [-0.25, -0.2) is 0 Å². The van der Waals surface area contributed by atoms with Gasteiger partial charge >= 0.3 is 0 Å². The molecule has 96 valence electrons. The zero-order valence-corrected chi connectivity index (χ0v) is 11.9. The molecule has 5 heteroatoms. The molecule has 0 radical (unpaired) electrons. The Hall–Kier alpha value is -1.33. The number of rotatable bonds is 5. The lowest BCUT2D eigenvalue weighted by molar-refractivity contribution is 0.480. The van der Waals surface area contributed by atoms with Crippen LogP contribution < -0.4 is 10.5 Å². The molecule has 0 fully saturated rings. The maximum atomic E-state index is 5.73. The lowest BCUT2D eigenvalue weighted by Gasteiger charge is -2.06. The highest BCUT2D eigenvalue weighted by Gasteiger charge is 2.04. The number of hydrogen-bond donors (Lipinski definition) is 1. The van der Waals surface area contributed by atoms with Gasteiger partial charge in [0.1, 0.15) is 5.75 Å². The van der Waals surface area contributed by atoms with Crippen molar-refractivity contribution < 1.29 is 4.74 Å². The Morgan fingerprint density at radius 3 is 2.89 bits per heavy atom. The Labute approximate surface area is 115 Å². The monoisotopic (exact) mass is 309 g/mol. The number of benzene rings is 1. The lowest BCUT2D eigenvalue weighted by atomic mass is 10.2. The summed E-state index contributed by atoms with van der Waals surface area (Å²) < 4.78 is 8.57. The molecule has 0 aliphatic rings. The van der Waals surface area contributed by atoms with E-state index >= 15 is 0 Å². The van der Waals surface area contributed by atoms with Crippen LogP contribution >= 0.6 is 15.9 Å². The van der Waals surface area contributed by atoms with E-state index in [1.54, 1.807) is 6.20 Å². The molecule has 2 N–H and O–H groups in total. The molecule has 0 atom stereocenters.